The first-order valence-corrected chi connectivity index (χ1v) is 7.35. The lowest BCUT2D eigenvalue weighted by Crippen LogP contribution is -2.33. The van der Waals surface area contributed by atoms with Crippen molar-refractivity contribution in [3.8, 4) is 0 Å². The molecule has 1 aromatic carbocycles. The summed E-state index contributed by atoms with van der Waals surface area (Å²) in [4.78, 5) is 4.60. The highest BCUT2D eigenvalue weighted by atomic mass is 32.2. The molecule has 0 radical (unpaired) electrons. The van der Waals surface area contributed by atoms with E-state index in [0.29, 0.717) is 10.9 Å². The number of hydrogen-bond acceptors (Lipinski definition) is 4. The molecule has 0 atom stereocenters. The van der Waals surface area contributed by atoms with Crippen LogP contribution < -0.4 is 0 Å². The standard InChI is InChI=1S/C10H12N2O2S2/c1-7-4-5-9-8(6-7)11-10(15-3)12(2)16(9,13)14/h4-6H,1-3H3. The number of amidine groups is 1. The zero-order valence-electron chi connectivity index (χ0n) is 9.26. The molecule has 0 bridgehead atoms. The van der Waals surface area contributed by atoms with Crippen molar-refractivity contribution >= 4 is 32.6 Å². The number of aliphatic imine (C=N–C) groups is 1. The first-order valence-electron chi connectivity index (χ1n) is 4.69. The Morgan fingerprint density at radius 3 is 2.69 bits per heavy atom. The van der Waals surface area contributed by atoms with Crippen LogP contribution in [0.4, 0.5) is 5.69 Å². The van der Waals surface area contributed by atoms with Crippen LogP contribution in [0.2, 0.25) is 0 Å². The quantitative estimate of drug-likeness (QED) is 0.713. The van der Waals surface area contributed by atoms with E-state index < -0.39 is 10.0 Å². The lowest BCUT2D eigenvalue weighted by Gasteiger charge is -2.25. The normalized spacial score (nSPS) is 17.9. The fourth-order valence-electron chi connectivity index (χ4n) is 1.53. The SMILES string of the molecule is CSC1=Nc2cc(C)ccc2S(=O)(=O)N1C. The lowest BCUT2D eigenvalue weighted by atomic mass is 10.2. The maximum absolute atomic E-state index is 12.1. The molecule has 2 rings (SSSR count). The Labute approximate surface area is 99.4 Å². The molecule has 0 aliphatic carbocycles. The van der Waals surface area contributed by atoms with E-state index in [-0.39, 0.29) is 4.90 Å². The minimum Gasteiger partial charge on any atom is -0.247 e. The summed E-state index contributed by atoms with van der Waals surface area (Å²) in [7, 11) is -1.90. The number of thioether (sulfide) groups is 1. The second-order valence-corrected chi connectivity index (χ2v) is 6.25. The number of benzene rings is 1. The van der Waals surface area contributed by atoms with Crippen molar-refractivity contribution in [1.82, 2.24) is 4.31 Å². The third kappa shape index (κ3) is 1.62. The van der Waals surface area contributed by atoms with Gasteiger partial charge in [0.05, 0.1) is 5.69 Å². The molecule has 0 fully saturated rings. The van der Waals surface area contributed by atoms with E-state index in [9.17, 15) is 8.42 Å². The summed E-state index contributed by atoms with van der Waals surface area (Å²) in [5, 5.41) is 0.498. The molecule has 0 spiro atoms. The number of hydrogen-bond donors (Lipinski definition) is 0. The molecule has 1 heterocycles. The Morgan fingerprint density at radius 1 is 1.38 bits per heavy atom. The summed E-state index contributed by atoms with van der Waals surface area (Å²) < 4.78 is 25.5. The maximum Gasteiger partial charge on any atom is 0.267 e. The lowest BCUT2D eigenvalue weighted by molar-refractivity contribution is 0.552. The van der Waals surface area contributed by atoms with Crippen LogP contribution in [0, 0.1) is 6.92 Å². The van der Waals surface area contributed by atoms with Gasteiger partial charge in [-0.1, -0.05) is 17.8 Å². The first-order chi connectivity index (χ1) is 7.46. The largest absolute Gasteiger partial charge is 0.267 e. The van der Waals surface area contributed by atoms with E-state index in [1.807, 2.05) is 13.2 Å². The van der Waals surface area contributed by atoms with E-state index >= 15 is 0 Å². The van der Waals surface area contributed by atoms with E-state index in [1.54, 1.807) is 18.2 Å². The average molecular weight is 256 g/mol. The van der Waals surface area contributed by atoms with Crippen LogP contribution in [0.25, 0.3) is 0 Å². The second-order valence-electron chi connectivity index (χ2n) is 3.54. The molecular weight excluding hydrogens is 244 g/mol. The van der Waals surface area contributed by atoms with Gasteiger partial charge in [0.2, 0.25) is 0 Å². The van der Waals surface area contributed by atoms with Gasteiger partial charge in [0, 0.05) is 7.05 Å². The Bertz CT molecular complexity index is 564. The summed E-state index contributed by atoms with van der Waals surface area (Å²) in [6.07, 6.45) is 1.81. The van der Waals surface area contributed by atoms with E-state index in [0.717, 1.165) is 5.56 Å². The van der Waals surface area contributed by atoms with Crippen LogP contribution >= 0.6 is 11.8 Å². The highest BCUT2D eigenvalue weighted by molar-refractivity contribution is 8.14. The fraction of sp³-hybridized carbons (Fsp3) is 0.300. The van der Waals surface area contributed by atoms with E-state index in [2.05, 4.69) is 4.99 Å². The van der Waals surface area contributed by atoms with Crippen molar-refractivity contribution in [1.29, 1.82) is 0 Å². The summed E-state index contributed by atoms with van der Waals surface area (Å²) in [6.45, 7) is 1.92. The summed E-state index contributed by atoms with van der Waals surface area (Å²) >= 11 is 1.32. The monoisotopic (exact) mass is 256 g/mol. The Kier molecular flexibility index (Phi) is 2.71. The van der Waals surface area contributed by atoms with Crippen molar-refractivity contribution in [2.24, 2.45) is 4.99 Å². The van der Waals surface area contributed by atoms with Crippen LogP contribution in [0.1, 0.15) is 5.56 Å². The predicted octanol–water partition coefficient (Wildman–Crippen LogP) is 1.98. The fourth-order valence-corrected chi connectivity index (χ4v) is 3.65. The third-order valence-corrected chi connectivity index (χ3v) is 5.06. The van der Waals surface area contributed by atoms with Gasteiger partial charge in [-0.2, -0.15) is 0 Å². The zero-order chi connectivity index (χ0) is 11.9. The van der Waals surface area contributed by atoms with Crippen LogP contribution in [0.5, 0.6) is 0 Å². The molecule has 0 aromatic heterocycles. The topological polar surface area (TPSA) is 49.7 Å². The van der Waals surface area contributed by atoms with E-state index in [4.69, 9.17) is 0 Å². The van der Waals surface area contributed by atoms with Gasteiger partial charge in [-0.05, 0) is 30.9 Å². The summed E-state index contributed by atoms with van der Waals surface area (Å²) in [5.74, 6) is 0. The summed E-state index contributed by atoms with van der Waals surface area (Å²) in [5.41, 5.74) is 1.53. The molecule has 0 unspecified atom stereocenters. The van der Waals surface area contributed by atoms with Crippen molar-refractivity contribution in [3.63, 3.8) is 0 Å². The molecule has 1 aromatic rings. The highest BCUT2D eigenvalue weighted by Gasteiger charge is 2.30. The first kappa shape index (κ1) is 11.5. The Hall–Kier alpha value is -1.01. The minimum atomic E-state index is -3.42. The molecule has 6 heteroatoms. The molecule has 0 saturated carbocycles. The van der Waals surface area contributed by atoms with Gasteiger partial charge >= 0.3 is 0 Å². The zero-order valence-corrected chi connectivity index (χ0v) is 10.9. The molecule has 16 heavy (non-hydrogen) atoms. The van der Waals surface area contributed by atoms with Gasteiger partial charge in [0.1, 0.15) is 4.90 Å². The smallest absolute Gasteiger partial charge is 0.247 e. The third-order valence-electron chi connectivity index (χ3n) is 2.42. The Morgan fingerprint density at radius 2 is 2.06 bits per heavy atom. The number of rotatable bonds is 0. The van der Waals surface area contributed by atoms with Crippen LogP contribution in [0.3, 0.4) is 0 Å². The van der Waals surface area contributed by atoms with Crippen molar-refractivity contribution < 1.29 is 8.42 Å². The maximum atomic E-state index is 12.1. The molecule has 0 N–H and O–H groups in total. The highest BCUT2D eigenvalue weighted by Crippen LogP contribution is 2.33. The number of fused-ring (bicyclic) bond motifs is 1. The van der Waals surface area contributed by atoms with Gasteiger partial charge in [0.15, 0.2) is 5.17 Å². The van der Waals surface area contributed by atoms with Gasteiger partial charge in [-0.25, -0.2) is 17.7 Å². The second kappa shape index (κ2) is 3.78. The Balaban J connectivity index is 2.74. The minimum absolute atomic E-state index is 0.276. The number of nitrogens with zero attached hydrogens (tertiary/aromatic N) is 2. The molecule has 0 amide bonds. The van der Waals surface area contributed by atoms with Crippen LogP contribution in [-0.2, 0) is 10.0 Å². The van der Waals surface area contributed by atoms with Gasteiger partial charge in [-0.15, -0.1) is 0 Å². The summed E-state index contributed by atoms with van der Waals surface area (Å²) in [6, 6.07) is 5.18. The van der Waals surface area contributed by atoms with Crippen molar-refractivity contribution in [2.45, 2.75) is 11.8 Å². The van der Waals surface area contributed by atoms with Crippen molar-refractivity contribution in [2.75, 3.05) is 13.3 Å². The molecule has 1 aliphatic rings. The van der Waals surface area contributed by atoms with Gasteiger partial charge < -0.3 is 0 Å². The van der Waals surface area contributed by atoms with Gasteiger partial charge in [-0.3, -0.25) is 0 Å². The van der Waals surface area contributed by atoms with Crippen LogP contribution in [-0.4, -0.2) is 31.2 Å². The van der Waals surface area contributed by atoms with Crippen molar-refractivity contribution in [3.05, 3.63) is 23.8 Å². The number of aryl methyl sites for hydroxylation is 1. The van der Waals surface area contributed by atoms with Crippen LogP contribution in [0.15, 0.2) is 28.1 Å². The van der Waals surface area contributed by atoms with E-state index in [1.165, 1.54) is 23.1 Å². The molecule has 4 nitrogen and oxygen atoms in total. The molecule has 86 valence electrons. The van der Waals surface area contributed by atoms with Gasteiger partial charge in [0.25, 0.3) is 10.0 Å². The molecular formula is C10H12N2O2S2. The number of sulfonamides is 1. The predicted molar refractivity (Wildman–Crippen MR) is 66.7 cm³/mol. The molecule has 0 saturated heterocycles. The molecule has 1 aliphatic heterocycles. The average Bonchev–Trinajstić information content (AvgIpc) is 2.23.